The fourth-order valence-corrected chi connectivity index (χ4v) is 2.91. The van der Waals surface area contributed by atoms with Crippen LogP contribution in [0.15, 0.2) is 24.3 Å². The van der Waals surface area contributed by atoms with E-state index in [9.17, 15) is 4.79 Å². The summed E-state index contributed by atoms with van der Waals surface area (Å²) in [7, 11) is 0. The lowest BCUT2D eigenvalue weighted by Crippen LogP contribution is -2.27. The molecule has 0 radical (unpaired) electrons. The van der Waals surface area contributed by atoms with E-state index in [-0.39, 0.29) is 0 Å². The van der Waals surface area contributed by atoms with Gasteiger partial charge in [-0.1, -0.05) is 17.7 Å². The number of rotatable bonds is 2. The third-order valence-corrected chi connectivity index (χ3v) is 4.41. The monoisotopic (exact) mass is 254 g/mol. The van der Waals surface area contributed by atoms with Crippen molar-refractivity contribution in [1.29, 1.82) is 0 Å². The maximum Gasteiger partial charge on any atom is 0.314 e. The van der Waals surface area contributed by atoms with Crippen LogP contribution in [0.1, 0.15) is 18.7 Å². The second kappa shape index (κ2) is 3.75. The molecule has 2 rings (SSSR count). The van der Waals surface area contributed by atoms with Crippen LogP contribution >= 0.6 is 22.9 Å². The van der Waals surface area contributed by atoms with E-state index in [1.165, 1.54) is 11.3 Å². The standard InChI is InChI=1S/C12H11ClO2S/c1-12(2,11(14)15)10-6-7-8(13)4-3-5-9(7)16-10/h3-6H,1-2H3,(H,14,15). The first-order chi connectivity index (χ1) is 7.43. The molecule has 2 nitrogen and oxygen atoms in total. The molecule has 0 aliphatic rings. The molecule has 0 bridgehead atoms. The van der Waals surface area contributed by atoms with E-state index < -0.39 is 11.4 Å². The molecule has 1 heterocycles. The first kappa shape index (κ1) is 11.4. The van der Waals surface area contributed by atoms with Crippen molar-refractivity contribution in [3.8, 4) is 0 Å². The summed E-state index contributed by atoms with van der Waals surface area (Å²) in [4.78, 5) is 12.0. The molecule has 0 spiro atoms. The highest BCUT2D eigenvalue weighted by Crippen LogP contribution is 2.37. The summed E-state index contributed by atoms with van der Waals surface area (Å²) >= 11 is 7.54. The van der Waals surface area contributed by atoms with E-state index in [2.05, 4.69) is 0 Å². The summed E-state index contributed by atoms with van der Waals surface area (Å²) < 4.78 is 1.02. The average Bonchev–Trinajstić information content (AvgIpc) is 2.63. The Morgan fingerprint density at radius 1 is 1.44 bits per heavy atom. The second-order valence-electron chi connectivity index (χ2n) is 4.19. The minimum Gasteiger partial charge on any atom is -0.481 e. The van der Waals surface area contributed by atoms with Gasteiger partial charge in [-0.25, -0.2) is 0 Å². The van der Waals surface area contributed by atoms with Crippen molar-refractivity contribution in [2.45, 2.75) is 19.3 Å². The Labute approximate surface area is 102 Å². The predicted octanol–water partition coefficient (Wildman–Crippen LogP) is 3.92. The molecular formula is C12H11ClO2S. The molecule has 1 N–H and O–H groups in total. The van der Waals surface area contributed by atoms with Gasteiger partial charge in [0.25, 0.3) is 0 Å². The Kier molecular flexibility index (Phi) is 2.68. The quantitative estimate of drug-likeness (QED) is 0.882. The zero-order valence-electron chi connectivity index (χ0n) is 8.95. The predicted molar refractivity (Wildman–Crippen MR) is 67.5 cm³/mol. The van der Waals surface area contributed by atoms with Gasteiger partial charge in [0.2, 0.25) is 0 Å². The van der Waals surface area contributed by atoms with Gasteiger partial charge >= 0.3 is 5.97 Å². The summed E-state index contributed by atoms with van der Waals surface area (Å²) in [5, 5.41) is 10.8. The average molecular weight is 255 g/mol. The van der Waals surface area contributed by atoms with Gasteiger partial charge in [0.05, 0.1) is 5.41 Å². The van der Waals surface area contributed by atoms with Gasteiger partial charge in [0, 0.05) is 20.0 Å². The summed E-state index contributed by atoms with van der Waals surface area (Å²) in [6, 6.07) is 7.51. The molecule has 1 aromatic heterocycles. The molecule has 1 aromatic carbocycles. The summed E-state index contributed by atoms with van der Waals surface area (Å²) in [6.07, 6.45) is 0. The van der Waals surface area contributed by atoms with E-state index in [1.54, 1.807) is 13.8 Å². The van der Waals surface area contributed by atoms with Crippen LogP contribution in [0.5, 0.6) is 0 Å². The van der Waals surface area contributed by atoms with Crippen LogP contribution in [0.3, 0.4) is 0 Å². The molecule has 0 atom stereocenters. The Morgan fingerprint density at radius 3 is 2.69 bits per heavy atom. The Hall–Kier alpha value is -1.06. The zero-order chi connectivity index (χ0) is 11.9. The van der Waals surface area contributed by atoms with E-state index in [1.807, 2.05) is 24.3 Å². The van der Waals surface area contributed by atoms with Crippen molar-refractivity contribution in [2.24, 2.45) is 0 Å². The molecule has 0 unspecified atom stereocenters. The topological polar surface area (TPSA) is 37.3 Å². The number of carbonyl (C=O) groups is 1. The normalized spacial score (nSPS) is 11.9. The summed E-state index contributed by atoms with van der Waals surface area (Å²) in [5.74, 6) is -0.824. The number of thiophene rings is 1. The fraction of sp³-hybridized carbons (Fsp3) is 0.250. The lowest BCUT2D eigenvalue weighted by molar-refractivity contribution is -0.142. The molecule has 0 saturated heterocycles. The van der Waals surface area contributed by atoms with Crippen molar-refractivity contribution in [2.75, 3.05) is 0 Å². The summed E-state index contributed by atoms with van der Waals surface area (Å²) in [6.45, 7) is 3.40. The Morgan fingerprint density at radius 2 is 2.12 bits per heavy atom. The highest BCUT2D eigenvalue weighted by molar-refractivity contribution is 7.19. The number of halogens is 1. The smallest absolute Gasteiger partial charge is 0.314 e. The SMILES string of the molecule is CC(C)(C(=O)O)c1cc2c(Cl)cccc2s1. The van der Waals surface area contributed by atoms with Crippen molar-refractivity contribution >= 4 is 39.0 Å². The summed E-state index contributed by atoms with van der Waals surface area (Å²) in [5.41, 5.74) is -0.868. The van der Waals surface area contributed by atoms with Gasteiger partial charge in [0.1, 0.15) is 0 Å². The number of aliphatic carboxylic acids is 1. The minimum atomic E-state index is -0.868. The number of hydrogen-bond acceptors (Lipinski definition) is 2. The van der Waals surface area contributed by atoms with Crippen LogP contribution in [0.4, 0.5) is 0 Å². The van der Waals surface area contributed by atoms with Crippen LogP contribution in [0.2, 0.25) is 5.02 Å². The third kappa shape index (κ3) is 1.70. The molecule has 0 aliphatic heterocycles. The fourth-order valence-electron chi connectivity index (χ4n) is 1.44. The van der Waals surface area contributed by atoms with Crippen LogP contribution < -0.4 is 0 Å². The number of carboxylic acids is 1. The molecule has 84 valence electrons. The van der Waals surface area contributed by atoms with Gasteiger partial charge in [0.15, 0.2) is 0 Å². The van der Waals surface area contributed by atoms with Gasteiger partial charge in [-0.2, -0.15) is 0 Å². The Balaban J connectivity index is 2.64. The lowest BCUT2D eigenvalue weighted by Gasteiger charge is -2.16. The van der Waals surface area contributed by atoms with E-state index in [4.69, 9.17) is 16.7 Å². The molecular weight excluding hydrogens is 244 g/mol. The van der Waals surface area contributed by atoms with Crippen LogP contribution in [-0.4, -0.2) is 11.1 Å². The second-order valence-corrected chi connectivity index (χ2v) is 5.68. The highest BCUT2D eigenvalue weighted by atomic mass is 35.5. The van der Waals surface area contributed by atoms with Crippen molar-refractivity contribution < 1.29 is 9.90 Å². The molecule has 0 aliphatic carbocycles. The van der Waals surface area contributed by atoms with Gasteiger partial charge < -0.3 is 5.11 Å². The van der Waals surface area contributed by atoms with Gasteiger partial charge in [-0.15, -0.1) is 11.3 Å². The number of benzene rings is 1. The third-order valence-electron chi connectivity index (χ3n) is 2.66. The van der Waals surface area contributed by atoms with Crippen molar-refractivity contribution in [1.82, 2.24) is 0 Å². The molecule has 0 saturated carbocycles. The molecule has 0 fully saturated rings. The molecule has 2 aromatic rings. The highest BCUT2D eigenvalue weighted by Gasteiger charge is 2.31. The number of carboxylic acid groups (broad SMARTS) is 1. The van der Waals surface area contributed by atoms with Crippen molar-refractivity contribution in [3.05, 3.63) is 34.2 Å². The molecule has 16 heavy (non-hydrogen) atoms. The number of fused-ring (bicyclic) bond motifs is 1. The minimum absolute atomic E-state index is 0.668. The maximum absolute atomic E-state index is 11.2. The molecule has 4 heteroatoms. The van der Waals surface area contributed by atoms with Gasteiger partial charge in [-0.05, 0) is 32.0 Å². The molecule has 0 amide bonds. The van der Waals surface area contributed by atoms with Crippen LogP contribution in [0.25, 0.3) is 10.1 Å². The van der Waals surface area contributed by atoms with E-state index >= 15 is 0 Å². The first-order valence-electron chi connectivity index (χ1n) is 4.85. The van der Waals surface area contributed by atoms with Gasteiger partial charge in [-0.3, -0.25) is 4.79 Å². The van der Waals surface area contributed by atoms with Crippen LogP contribution in [0, 0.1) is 0 Å². The van der Waals surface area contributed by atoms with Crippen LogP contribution in [-0.2, 0) is 10.2 Å². The Bertz CT molecular complexity index is 557. The lowest BCUT2D eigenvalue weighted by atomic mass is 9.91. The van der Waals surface area contributed by atoms with E-state index in [0.29, 0.717) is 5.02 Å². The number of hydrogen-bond donors (Lipinski definition) is 1. The maximum atomic E-state index is 11.2. The zero-order valence-corrected chi connectivity index (χ0v) is 10.5. The van der Waals surface area contributed by atoms with E-state index in [0.717, 1.165) is 15.0 Å². The first-order valence-corrected chi connectivity index (χ1v) is 6.04. The largest absolute Gasteiger partial charge is 0.481 e. The van der Waals surface area contributed by atoms with Crippen molar-refractivity contribution in [3.63, 3.8) is 0 Å².